The van der Waals surface area contributed by atoms with E-state index >= 15 is 0 Å². The minimum absolute atomic E-state index is 0.00236. The molecule has 0 aliphatic carbocycles. The van der Waals surface area contributed by atoms with E-state index in [4.69, 9.17) is 0 Å². The van der Waals surface area contributed by atoms with E-state index in [1.807, 2.05) is 30.1 Å². The Labute approximate surface area is 141 Å². The molecule has 124 valence electrons. The van der Waals surface area contributed by atoms with Crippen molar-refractivity contribution in [3.63, 3.8) is 0 Å². The molecule has 0 bridgehead atoms. The number of piperidine rings is 1. The van der Waals surface area contributed by atoms with Gasteiger partial charge in [-0.1, -0.05) is 0 Å². The number of hydrogen-bond donors (Lipinski definition) is 2. The lowest BCUT2D eigenvalue weighted by Gasteiger charge is -2.32. The number of amides is 2. The average molecular weight is 333 g/mol. The van der Waals surface area contributed by atoms with E-state index in [1.54, 1.807) is 0 Å². The summed E-state index contributed by atoms with van der Waals surface area (Å²) in [6.45, 7) is 2.69. The molecule has 3 rings (SSSR count). The number of carbonyl (C=O) groups excluding carboxylic acids is 2. The van der Waals surface area contributed by atoms with E-state index in [9.17, 15) is 9.59 Å². The Kier molecular flexibility index (Phi) is 5.23. The summed E-state index contributed by atoms with van der Waals surface area (Å²) in [6, 6.07) is 5.62. The third-order valence-corrected chi connectivity index (χ3v) is 5.64. The molecule has 2 heterocycles. The first-order valence-electron chi connectivity index (χ1n) is 8.18. The van der Waals surface area contributed by atoms with Gasteiger partial charge in [-0.05, 0) is 57.0 Å². The van der Waals surface area contributed by atoms with Gasteiger partial charge in [0.1, 0.15) is 0 Å². The van der Waals surface area contributed by atoms with E-state index in [0.29, 0.717) is 17.2 Å². The van der Waals surface area contributed by atoms with Gasteiger partial charge in [-0.15, -0.1) is 11.8 Å². The molecule has 5 nitrogen and oxygen atoms in total. The maximum atomic E-state index is 12.7. The third-order valence-electron chi connectivity index (χ3n) is 4.56. The molecule has 0 atom stereocenters. The predicted molar refractivity (Wildman–Crippen MR) is 93.0 cm³/mol. The molecule has 1 aromatic rings. The van der Waals surface area contributed by atoms with Crippen LogP contribution in [-0.4, -0.2) is 49.1 Å². The third kappa shape index (κ3) is 3.87. The molecule has 0 radical (unpaired) electrons. The van der Waals surface area contributed by atoms with Crippen LogP contribution in [0.5, 0.6) is 0 Å². The molecule has 2 N–H and O–H groups in total. The first kappa shape index (κ1) is 16.3. The van der Waals surface area contributed by atoms with E-state index in [1.165, 1.54) is 18.2 Å². The number of likely N-dealkylation sites (tertiary alicyclic amines) is 1. The van der Waals surface area contributed by atoms with Crippen LogP contribution in [0.3, 0.4) is 0 Å². The second-order valence-electron chi connectivity index (χ2n) is 6.18. The summed E-state index contributed by atoms with van der Waals surface area (Å²) in [4.78, 5) is 27.2. The molecule has 2 amide bonds. The van der Waals surface area contributed by atoms with Crippen LogP contribution in [-0.2, 0) is 4.79 Å². The van der Waals surface area contributed by atoms with Crippen LogP contribution in [0, 0.1) is 5.92 Å². The Hall–Kier alpha value is -1.53. The van der Waals surface area contributed by atoms with Crippen LogP contribution in [0.1, 0.15) is 29.6 Å². The predicted octanol–water partition coefficient (Wildman–Crippen LogP) is 2.19. The smallest absolute Gasteiger partial charge is 0.253 e. The Morgan fingerprint density at radius 2 is 2.17 bits per heavy atom. The van der Waals surface area contributed by atoms with Crippen LogP contribution in [0.2, 0.25) is 0 Å². The molecule has 1 saturated heterocycles. The fraction of sp³-hybridized carbons (Fsp3) is 0.529. The number of fused-ring (bicyclic) bond motifs is 1. The van der Waals surface area contributed by atoms with Crippen molar-refractivity contribution in [1.29, 1.82) is 0 Å². The lowest BCUT2D eigenvalue weighted by Crippen LogP contribution is -2.39. The second-order valence-corrected chi connectivity index (χ2v) is 7.19. The molecule has 0 spiro atoms. The van der Waals surface area contributed by atoms with Gasteiger partial charge in [-0.3, -0.25) is 9.59 Å². The van der Waals surface area contributed by atoms with Crippen molar-refractivity contribution < 1.29 is 9.59 Å². The Morgan fingerprint density at radius 3 is 2.91 bits per heavy atom. The van der Waals surface area contributed by atoms with Gasteiger partial charge in [0.15, 0.2) is 0 Å². The van der Waals surface area contributed by atoms with Gasteiger partial charge in [0, 0.05) is 23.5 Å². The Balaban J connectivity index is 1.63. The summed E-state index contributed by atoms with van der Waals surface area (Å²) < 4.78 is 0. The van der Waals surface area contributed by atoms with Crippen LogP contribution in [0.15, 0.2) is 23.1 Å². The lowest BCUT2D eigenvalue weighted by molar-refractivity contribution is -0.113. The highest BCUT2D eigenvalue weighted by molar-refractivity contribution is 8.00. The monoisotopic (exact) mass is 333 g/mol. The second kappa shape index (κ2) is 7.36. The van der Waals surface area contributed by atoms with Gasteiger partial charge in [0.05, 0.1) is 11.4 Å². The van der Waals surface area contributed by atoms with E-state index in [-0.39, 0.29) is 11.8 Å². The number of hydrogen-bond acceptors (Lipinski definition) is 4. The summed E-state index contributed by atoms with van der Waals surface area (Å²) in [6.07, 6.45) is 3.33. The summed E-state index contributed by atoms with van der Waals surface area (Å²) in [5.41, 5.74) is 1.43. The maximum absolute atomic E-state index is 12.7. The van der Waals surface area contributed by atoms with Crippen molar-refractivity contribution in [3.05, 3.63) is 23.8 Å². The highest BCUT2D eigenvalue weighted by Crippen LogP contribution is 2.32. The molecule has 0 saturated carbocycles. The fourth-order valence-corrected chi connectivity index (χ4v) is 3.96. The van der Waals surface area contributed by atoms with E-state index < -0.39 is 0 Å². The van der Waals surface area contributed by atoms with Gasteiger partial charge in [-0.25, -0.2) is 0 Å². The number of nitrogens with one attached hydrogen (secondary N) is 2. The molecular formula is C17H23N3O2S. The maximum Gasteiger partial charge on any atom is 0.253 e. The topological polar surface area (TPSA) is 61.4 Å². The largest absolute Gasteiger partial charge is 0.339 e. The van der Waals surface area contributed by atoms with Crippen molar-refractivity contribution in [2.45, 2.75) is 24.2 Å². The zero-order chi connectivity index (χ0) is 16.2. The van der Waals surface area contributed by atoms with Gasteiger partial charge in [0.2, 0.25) is 5.91 Å². The molecule has 1 fully saturated rings. The number of rotatable bonds is 4. The lowest BCUT2D eigenvalue weighted by atomic mass is 9.93. The minimum Gasteiger partial charge on any atom is -0.339 e. The molecule has 0 unspecified atom stereocenters. The zero-order valence-corrected chi connectivity index (χ0v) is 14.2. The van der Waals surface area contributed by atoms with Crippen molar-refractivity contribution >= 4 is 29.3 Å². The Morgan fingerprint density at radius 1 is 1.39 bits per heavy atom. The highest BCUT2D eigenvalue weighted by Gasteiger charge is 2.24. The normalized spacial score (nSPS) is 18.5. The summed E-state index contributed by atoms with van der Waals surface area (Å²) >= 11 is 1.52. The van der Waals surface area contributed by atoms with Crippen LogP contribution in [0.25, 0.3) is 0 Å². The number of thioether (sulfide) groups is 1. The molecule has 2 aliphatic heterocycles. The van der Waals surface area contributed by atoms with E-state index in [0.717, 1.165) is 43.1 Å². The van der Waals surface area contributed by atoms with Crippen molar-refractivity contribution in [1.82, 2.24) is 10.2 Å². The van der Waals surface area contributed by atoms with Gasteiger partial charge in [-0.2, -0.15) is 0 Å². The molecule has 6 heteroatoms. The van der Waals surface area contributed by atoms with Gasteiger partial charge >= 0.3 is 0 Å². The first-order chi connectivity index (χ1) is 11.2. The zero-order valence-electron chi connectivity index (χ0n) is 13.4. The molecule has 1 aromatic carbocycles. The Bertz CT molecular complexity index is 598. The minimum atomic E-state index is -0.00236. The van der Waals surface area contributed by atoms with Crippen molar-refractivity contribution in [2.24, 2.45) is 5.92 Å². The van der Waals surface area contributed by atoms with Crippen LogP contribution in [0.4, 0.5) is 5.69 Å². The highest BCUT2D eigenvalue weighted by atomic mass is 32.2. The SMILES string of the molecule is CNCCC1CCN(C(=O)c2ccc3c(c2)NC(=O)CS3)CC1. The standard InChI is InChI=1S/C17H23N3O2S/c1-18-7-4-12-5-8-20(9-6-12)17(22)13-2-3-15-14(10-13)19-16(21)11-23-15/h2-3,10,12,18H,4-9,11H2,1H3,(H,19,21). The summed E-state index contributed by atoms with van der Waals surface area (Å²) in [7, 11) is 1.98. The molecule has 0 aromatic heterocycles. The summed E-state index contributed by atoms with van der Waals surface area (Å²) in [5, 5.41) is 6.04. The van der Waals surface area contributed by atoms with Crippen LogP contribution >= 0.6 is 11.8 Å². The molecule has 23 heavy (non-hydrogen) atoms. The number of benzene rings is 1. The average Bonchev–Trinajstić information content (AvgIpc) is 2.59. The summed E-state index contributed by atoms with van der Waals surface area (Å²) in [5.74, 6) is 1.23. The van der Waals surface area contributed by atoms with Crippen LogP contribution < -0.4 is 10.6 Å². The van der Waals surface area contributed by atoms with E-state index in [2.05, 4.69) is 10.6 Å². The quantitative estimate of drug-likeness (QED) is 0.887. The number of nitrogens with zero attached hydrogens (tertiary/aromatic N) is 1. The van der Waals surface area contributed by atoms with Gasteiger partial charge < -0.3 is 15.5 Å². The number of anilines is 1. The number of carbonyl (C=O) groups is 2. The van der Waals surface area contributed by atoms with Crippen molar-refractivity contribution in [3.8, 4) is 0 Å². The first-order valence-corrected chi connectivity index (χ1v) is 9.16. The fourth-order valence-electron chi connectivity index (χ4n) is 3.17. The van der Waals surface area contributed by atoms with Crippen molar-refractivity contribution in [2.75, 3.05) is 37.8 Å². The van der Waals surface area contributed by atoms with Gasteiger partial charge in [0.25, 0.3) is 5.91 Å². The molecule has 2 aliphatic rings. The molecular weight excluding hydrogens is 310 g/mol.